The van der Waals surface area contributed by atoms with Crippen molar-refractivity contribution in [3.05, 3.63) is 18.2 Å². The van der Waals surface area contributed by atoms with Crippen molar-refractivity contribution in [1.82, 2.24) is 9.55 Å². The van der Waals surface area contributed by atoms with Crippen LogP contribution >= 0.6 is 0 Å². The zero-order valence-corrected chi connectivity index (χ0v) is 8.25. The maximum absolute atomic E-state index is 4.32. The van der Waals surface area contributed by atoms with Gasteiger partial charge in [-0.1, -0.05) is 13.8 Å². The van der Waals surface area contributed by atoms with Gasteiger partial charge in [0.05, 0.1) is 12.0 Å². The highest BCUT2D eigenvalue weighted by molar-refractivity contribution is 4.96. The Bertz CT molecular complexity index is 225. The molecular weight excluding hydrogens is 148 g/mol. The number of hydrogen-bond donors (Lipinski definition) is 0. The lowest BCUT2D eigenvalue weighted by Crippen LogP contribution is -1.92. The number of hydrogen-bond acceptors (Lipinski definition) is 1. The highest BCUT2D eigenvalue weighted by Crippen LogP contribution is 2.06. The third kappa shape index (κ3) is 2.68. The molecule has 68 valence electrons. The molecule has 0 aliphatic rings. The van der Waals surface area contributed by atoms with Crippen LogP contribution in [-0.2, 0) is 13.0 Å². The summed E-state index contributed by atoms with van der Waals surface area (Å²) < 4.78 is 2.12. The average Bonchev–Trinajstić information content (AvgIpc) is 2.48. The van der Waals surface area contributed by atoms with Crippen LogP contribution in [-0.4, -0.2) is 9.55 Å². The van der Waals surface area contributed by atoms with E-state index < -0.39 is 0 Å². The number of aryl methyl sites for hydroxylation is 2. The topological polar surface area (TPSA) is 17.8 Å². The van der Waals surface area contributed by atoms with Crippen molar-refractivity contribution in [2.75, 3.05) is 0 Å². The Labute approximate surface area is 74.6 Å². The van der Waals surface area contributed by atoms with E-state index in [0.717, 1.165) is 18.9 Å². The first-order chi connectivity index (χ1) is 5.72. The molecule has 0 N–H and O–H groups in total. The number of nitrogens with zero attached hydrogens (tertiary/aromatic N) is 2. The second kappa shape index (κ2) is 4.29. The predicted molar refractivity (Wildman–Crippen MR) is 51.1 cm³/mol. The molecule has 0 radical (unpaired) electrons. The van der Waals surface area contributed by atoms with Crippen LogP contribution in [0.3, 0.4) is 0 Å². The van der Waals surface area contributed by atoms with Gasteiger partial charge in [-0.2, -0.15) is 0 Å². The number of imidazole rings is 1. The molecule has 0 amide bonds. The fourth-order valence-electron chi connectivity index (χ4n) is 1.14. The first kappa shape index (κ1) is 9.30. The molecule has 2 heteroatoms. The molecule has 0 fully saturated rings. The van der Waals surface area contributed by atoms with Crippen LogP contribution in [0, 0.1) is 5.92 Å². The van der Waals surface area contributed by atoms with Gasteiger partial charge in [0.25, 0.3) is 0 Å². The van der Waals surface area contributed by atoms with E-state index in [1.54, 1.807) is 0 Å². The molecule has 1 aromatic heterocycles. The summed E-state index contributed by atoms with van der Waals surface area (Å²) in [6, 6.07) is 0. The van der Waals surface area contributed by atoms with Crippen LogP contribution in [0.4, 0.5) is 0 Å². The minimum atomic E-state index is 0.775. The fourth-order valence-corrected chi connectivity index (χ4v) is 1.14. The van der Waals surface area contributed by atoms with Gasteiger partial charge in [-0.3, -0.25) is 0 Å². The smallest absolute Gasteiger partial charge is 0.0949 e. The first-order valence-electron chi connectivity index (χ1n) is 4.73. The van der Waals surface area contributed by atoms with Crippen molar-refractivity contribution >= 4 is 0 Å². The molecule has 0 aliphatic carbocycles. The lowest BCUT2D eigenvalue weighted by atomic mass is 10.1. The van der Waals surface area contributed by atoms with Crippen LogP contribution in [0.5, 0.6) is 0 Å². The van der Waals surface area contributed by atoms with Gasteiger partial charge in [0, 0.05) is 12.7 Å². The lowest BCUT2D eigenvalue weighted by Gasteiger charge is -2.00. The molecule has 12 heavy (non-hydrogen) atoms. The van der Waals surface area contributed by atoms with Crippen molar-refractivity contribution in [3.8, 4) is 0 Å². The quantitative estimate of drug-likeness (QED) is 0.672. The van der Waals surface area contributed by atoms with Crippen LogP contribution in [0.1, 0.15) is 32.9 Å². The van der Waals surface area contributed by atoms with E-state index in [1.807, 2.05) is 6.33 Å². The van der Waals surface area contributed by atoms with Crippen LogP contribution in [0.25, 0.3) is 0 Å². The summed E-state index contributed by atoms with van der Waals surface area (Å²) in [5.74, 6) is 0.775. The highest BCUT2D eigenvalue weighted by atomic mass is 15.0. The molecule has 0 aliphatic heterocycles. The summed E-state index contributed by atoms with van der Waals surface area (Å²) in [5, 5.41) is 0. The lowest BCUT2D eigenvalue weighted by molar-refractivity contribution is 0.582. The molecule has 1 heterocycles. The molecule has 0 bridgehead atoms. The molecule has 0 atom stereocenters. The normalized spacial score (nSPS) is 11.0. The third-order valence-corrected chi connectivity index (χ3v) is 2.03. The standard InChI is InChI=1S/C10H18N2/c1-4-12-7-10(11-8-12)6-5-9(2)3/h7-9H,4-6H2,1-3H3. The van der Waals surface area contributed by atoms with Gasteiger partial charge in [-0.15, -0.1) is 0 Å². The summed E-state index contributed by atoms with van der Waals surface area (Å²) in [6.45, 7) is 7.65. The zero-order chi connectivity index (χ0) is 8.97. The Kier molecular flexibility index (Phi) is 3.32. The fraction of sp³-hybridized carbons (Fsp3) is 0.700. The summed E-state index contributed by atoms with van der Waals surface area (Å²) >= 11 is 0. The van der Waals surface area contributed by atoms with Crippen molar-refractivity contribution in [2.24, 2.45) is 5.92 Å². The van der Waals surface area contributed by atoms with Crippen LogP contribution < -0.4 is 0 Å². The Morgan fingerprint density at radius 1 is 1.50 bits per heavy atom. The second-order valence-corrected chi connectivity index (χ2v) is 3.63. The third-order valence-electron chi connectivity index (χ3n) is 2.03. The highest BCUT2D eigenvalue weighted by Gasteiger charge is 1.99. The van der Waals surface area contributed by atoms with E-state index in [2.05, 4.69) is 36.5 Å². The van der Waals surface area contributed by atoms with Crippen molar-refractivity contribution in [2.45, 2.75) is 40.2 Å². The Morgan fingerprint density at radius 3 is 2.75 bits per heavy atom. The largest absolute Gasteiger partial charge is 0.337 e. The summed E-state index contributed by atoms with van der Waals surface area (Å²) in [6.07, 6.45) is 6.41. The van der Waals surface area contributed by atoms with Crippen LogP contribution in [0.15, 0.2) is 12.5 Å². The van der Waals surface area contributed by atoms with E-state index in [1.165, 1.54) is 12.1 Å². The Morgan fingerprint density at radius 2 is 2.25 bits per heavy atom. The maximum atomic E-state index is 4.32. The Hall–Kier alpha value is -0.790. The van der Waals surface area contributed by atoms with Crippen molar-refractivity contribution in [1.29, 1.82) is 0 Å². The molecule has 0 spiro atoms. The predicted octanol–water partition coefficient (Wildman–Crippen LogP) is 2.49. The summed E-state index contributed by atoms with van der Waals surface area (Å²) in [4.78, 5) is 4.32. The van der Waals surface area contributed by atoms with Gasteiger partial charge < -0.3 is 4.57 Å². The van der Waals surface area contributed by atoms with Gasteiger partial charge >= 0.3 is 0 Å². The van der Waals surface area contributed by atoms with E-state index >= 15 is 0 Å². The van der Waals surface area contributed by atoms with Crippen molar-refractivity contribution in [3.63, 3.8) is 0 Å². The molecule has 0 unspecified atom stereocenters. The van der Waals surface area contributed by atoms with Gasteiger partial charge in [0.1, 0.15) is 0 Å². The van der Waals surface area contributed by atoms with E-state index in [4.69, 9.17) is 0 Å². The maximum Gasteiger partial charge on any atom is 0.0949 e. The molecule has 0 saturated carbocycles. The summed E-state index contributed by atoms with van der Waals surface area (Å²) in [7, 11) is 0. The molecule has 0 aromatic carbocycles. The average molecular weight is 166 g/mol. The number of aromatic nitrogens is 2. The molecular formula is C10H18N2. The minimum absolute atomic E-state index is 0.775. The van der Waals surface area contributed by atoms with Crippen molar-refractivity contribution < 1.29 is 0 Å². The number of rotatable bonds is 4. The molecule has 0 saturated heterocycles. The molecule has 1 aromatic rings. The van der Waals surface area contributed by atoms with E-state index in [-0.39, 0.29) is 0 Å². The Balaban J connectivity index is 2.41. The molecule has 1 rings (SSSR count). The second-order valence-electron chi connectivity index (χ2n) is 3.63. The van der Waals surface area contributed by atoms with Gasteiger partial charge in [0.2, 0.25) is 0 Å². The van der Waals surface area contributed by atoms with E-state index in [0.29, 0.717) is 0 Å². The first-order valence-corrected chi connectivity index (χ1v) is 4.73. The SMILES string of the molecule is CCn1cnc(CCC(C)C)c1. The zero-order valence-electron chi connectivity index (χ0n) is 8.25. The van der Waals surface area contributed by atoms with Gasteiger partial charge in [-0.05, 0) is 25.7 Å². The van der Waals surface area contributed by atoms with Crippen LogP contribution in [0.2, 0.25) is 0 Å². The van der Waals surface area contributed by atoms with Gasteiger partial charge in [0.15, 0.2) is 0 Å². The molecule has 2 nitrogen and oxygen atoms in total. The minimum Gasteiger partial charge on any atom is -0.337 e. The van der Waals surface area contributed by atoms with E-state index in [9.17, 15) is 0 Å². The van der Waals surface area contributed by atoms with Gasteiger partial charge in [-0.25, -0.2) is 4.98 Å². The summed E-state index contributed by atoms with van der Waals surface area (Å²) in [5.41, 5.74) is 1.23. The monoisotopic (exact) mass is 166 g/mol.